The Hall–Kier alpha value is 0.570. The van der Waals surface area contributed by atoms with Crippen LogP contribution in [0, 0.1) is 0 Å². The zero-order valence-electron chi connectivity index (χ0n) is 4.41. The highest BCUT2D eigenvalue weighted by atomic mass is 79.9. The van der Waals surface area contributed by atoms with E-state index in [1.165, 1.54) is 12.8 Å². The molecule has 0 N–H and O–H groups in total. The third kappa shape index (κ3) is 6.57. The van der Waals surface area contributed by atoms with Gasteiger partial charge in [0.2, 0.25) is 0 Å². The van der Waals surface area contributed by atoms with Crippen molar-refractivity contribution in [3.8, 4) is 0 Å². The van der Waals surface area contributed by atoms with E-state index in [-0.39, 0.29) is 0 Å². The van der Waals surface area contributed by atoms with Gasteiger partial charge in [0.25, 0.3) is 0 Å². The molecule has 0 aromatic heterocycles. The van der Waals surface area contributed by atoms with E-state index in [9.17, 15) is 0 Å². The Morgan fingerprint density at radius 1 is 1.71 bits per heavy atom. The van der Waals surface area contributed by atoms with E-state index in [0.717, 1.165) is 10.2 Å². The summed E-state index contributed by atoms with van der Waals surface area (Å²) in [5.74, 6) is 0. The standard InChI is InChI=1S/C5H9BrS/c1-2-3-4-5(6)7/h2-4H2,1H3. The molecule has 7 heavy (non-hydrogen) atoms. The highest BCUT2D eigenvalue weighted by Crippen LogP contribution is 2.01. The Morgan fingerprint density at radius 3 is 2.43 bits per heavy atom. The van der Waals surface area contributed by atoms with Gasteiger partial charge in [-0.2, -0.15) is 0 Å². The van der Waals surface area contributed by atoms with E-state index in [4.69, 9.17) is 12.2 Å². The quantitative estimate of drug-likeness (QED) is 0.476. The van der Waals surface area contributed by atoms with Crippen molar-refractivity contribution in [1.29, 1.82) is 0 Å². The second-order valence-corrected chi connectivity index (χ2v) is 3.43. The Morgan fingerprint density at radius 2 is 2.29 bits per heavy atom. The first kappa shape index (κ1) is 7.57. The van der Waals surface area contributed by atoms with Gasteiger partial charge in [-0.15, -0.1) is 0 Å². The average molecular weight is 181 g/mol. The SMILES string of the molecule is CCCCC(=S)Br. The molecule has 0 saturated carbocycles. The zero-order chi connectivity index (χ0) is 5.70. The van der Waals surface area contributed by atoms with Gasteiger partial charge in [0.1, 0.15) is 0 Å². The summed E-state index contributed by atoms with van der Waals surface area (Å²) in [6, 6.07) is 0. The van der Waals surface area contributed by atoms with Crippen LogP contribution in [0.3, 0.4) is 0 Å². The van der Waals surface area contributed by atoms with Crippen LogP contribution in [0.5, 0.6) is 0 Å². The molecular formula is C5H9BrS. The molecular weight excluding hydrogens is 172 g/mol. The number of unbranched alkanes of at least 4 members (excludes halogenated alkanes) is 1. The number of hydrogen-bond donors (Lipinski definition) is 0. The summed E-state index contributed by atoms with van der Waals surface area (Å²) < 4.78 is 0.953. The predicted molar refractivity (Wildman–Crippen MR) is 41.1 cm³/mol. The third-order valence-electron chi connectivity index (χ3n) is 0.727. The molecule has 2 heteroatoms. The van der Waals surface area contributed by atoms with Crippen LogP contribution in [-0.4, -0.2) is 3.77 Å². The Balaban J connectivity index is 2.82. The van der Waals surface area contributed by atoms with Crippen molar-refractivity contribution in [2.45, 2.75) is 26.2 Å². The van der Waals surface area contributed by atoms with E-state index in [1.807, 2.05) is 0 Å². The van der Waals surface area contributed by atoms with Crippen LogP contribution in [0.15, 0.2) is 0 Å². The molecule has 0 amide bonds. The molecule has 0 radical (unpaired) electrons. The second-order valence-electron chi connectivity index (χ2n) is 1.46. The minimum Gasteiger partial charge on any atom is -0.0768 e. The minimum atomic E-state index is 0.953. The van der Waals surface area contributed by atoms with Gasteiger partial charge < -0.3 is 0 Å². The lowest BCUT2D eigenvalue weighted by Crippen LogP contribution is -1.78. The topological polar surface area (TPSA) is 0 Å². The minimum absolute atomic E-state index is 0.953. The van der Waals surface area contributed by atoms with Crippen LogP contribution in [-0.2, 0) is 0 Å². The molecule has 0 spiro atoms. The first-order valence-electron chi connectivity index (χ1n) is 2.45. The number of hydrogen-bond acceptors (Lipinski definition) is 1. The van der Waals surface area contributed by atoms with Crippen molar-refractivity contribution < 1.29 is 0 Å². The summed E-state index contributed by atoms with van der Waals surface area (Å²) in [7, 11) is 0. The van der Waals surface area contributed by atoms with Gasteiger partial charge in [0, 0.05) is 0 Å². The Bertz CT molecular complexity index is 61.1. The Kier molecular flexibility index (Phi) is 5.11. The fourth-order valence-electron chi connectivity index (χ4n) is 0.316. The van der Waals surface area contributed by atoms with Crippen molar-refractivity contribution in [2.75, 3.05) is 0 Å². The second kappa shape index (κ2) is 4.72. The first-order valence-corrected chi connectivity index (χ1v) is 3.66. The van der Waals surface area contributed by atoms with E-state index in [1.54, 1.807) is 0 Å². The van der Waals surface area contributed by atoms with Crippen LogP contribution in [0.4, 0.5) is 0 Å². The van der Waals surface area contributed by atoms with Crippen LogP contribution < -0.4 is 0 Å². The van der Waals surface area contributed by atoms with Crippen LogP contribution >= 0.6 is 28.1 Å². The van der Waals surface area contributed by atoms with Gasteiger partial charge >= 0.3 is 0 Å². The van der Waals surface area contributed by atoms with Crippen LogP contribution in [0.25, 0.3) is 0 Å². The summed E-state index contributed by atoms with van der Waals surface area (Å²) in [6.07, 6.45) is 3.49. The highest BCUT2D eigenvalue weighted by Gasteiger charge is 1.85. The van der Waals surface area contributed by atoms with Crippen molar-refractivity contribution in [3.63, 3.8) is 0 Å². The predicted octanol–water partition coefficient (Wildman–Crippen LogP) is 2.90. The molecule has 0 heterocycles. The van der Waals surface area contributed by atoms with Crippen molar-refractivity contribution in [3.05, 3.63) is 0 Å². The summed E-state index contributed by atoms with van der Waals surface area (Å²) in [4.78, 5) is 0. The normalized spacial score (nSPS) is 8.86. The molecule has 0 atom stereocenters. The van der Waals surface area contributed by atoms with Gasteiger partial charge in [-0.1, -0.05) is 25.6 Å². The Labute approximate surface area is 58.4 Å². The van der Waals surface area contributed by atoms with Gasteiger partial charge in [-0.25, -0.2) is 0 Å². The van der Waals surface area contributed by atoms with Crippen molar-refractivity contribution in [1.82, 2.24) is 0 Å². The monoisotopic (exact) mass is 180 g/mol. The molecule has 0 fully saturated rings. The summed E-state index contributed by atoms with van der Waals surface area (Å²) in [5.41, 5.74) is 0. The lowest BCUT2D eigenvalue weighted by atomic mass is 10.3. The lowest BCUT2D eigenvalue weighted by Gasteiger charge is -1.87. The van der Waals surface area contributed by atoms with E-state index in [2.05, 4.69) is 22.9 Å². The molecule has 0 rings (SSSR count). The molecule has 0 aliphatic rings. The lowest BCUT2D eigenvalue weighted by molar-refractivity contribution is 0.845. The van der Waals surface area contributed by atoms with E-state index < -0.39 is 0 Å². The van der Waals surface area contributed by atoms with Gasteiger partial charge in [0.05, 0.1) is 3.77 Å². The number of thiocarbonyl (C=S) groups is 1. The molecule has 0 nitrogen and oxygen atoms in total. The smallest absolute Gasteiger partial charge is 0.0579 e. The molecule has 0 aromatic rings. The summed E-state index contributed by atoms with van der Waals surface area (Å²) >= 11 is 7.98. The third-order valence-corrected chi connectivity index (χ3v) is 1.33. The van der Waals surface area contributed by atoms with Crippen molar-refractivity contribution in [2.24, 2.45) is 0 Å². The molecule has 0 bridgehead atoms. The highest BCUT2D eigenvalue weighted by molar-refractivity contribution is 9.20. The van der Waals surface area contributed by atoms with Gasteiger partial charge in [-0.05, 0) is 28.8 Å². The first-order chi connectivity index (χ1) is 3.27. The van der Waals surface area contributed by atoms with E-state index in [0.29, 0.717) is 0 Å². The number of halogens is 1. The molecule has 0 unspecified atom stereocenters. The largest absolute Gasteiger partial charge is 0.0768 e. The number of rotatable bonds is 3. The van der Waals surface area contributed by atoms with Crippen LogP contribution in [0.2, 0.25) is 0 Å². The maximum absolute atomic E-state index is 4.78. The average Bonchev–Trinajstić information content (AvgIpc) is 1.61. The fourth-order valence-corrected chi connectivity index (χ4v) is 0.740. The maximum Gasteiger partial charge on any atom is 0.0579 e. The molecule has 0 aromatic carbocycles. The maximum atomic E-state index is 4.78. The zero-order valence-corrected chi connectivity index (χ0v) is 6.81. The molecule has 0 aliphatic heterocycles. The summed E-state index contributed by atoms with van der Waals surface area (Å²) in [5, 5.41) is 0. The molecule has 42 valence electrons. The van der Waals surface area contributed by atoms with Crippen molar-refractivity contribution >= 4 is 31.9 Å². The molecule has 0 aliphatic carbocycles. The van der Waals surface area contributed by atoms with Crippen LogP contribution in [0.1, 0.15) is 26.2 Å². The van der Waals surface area contributed by atoms with E-state index >= 15 is 0 Å². The fraction of sp³-hybridized carbons (Fsp3) is 0.800. The summed E-state index contributed by atoms with van der Waals surface area (Å²) in [6.45, 7) is 2.16. The van der Waals surface area contributed by atoms with Gasteiger partial charge in [0.15, 0.2) is 0 Å². The molecule has 0 saturated heterocycles. The van der Waals surface area contributed by atoms with Gasteiger partial charge in [-0.3, -0.25) is 0 Å².